The van der Waals surface area contributed by atoms with Gasteiger partial charge in [0.15, 0.2) is 0 Å². The molecular weight excluding hydrogens is 206 g/mol. The first kappa shape index (κ1) is 10.00. The third-order valence-electron chi connectivity index (χ3n) is 4.68. The second-order valence-electron chi connectivity index (χ2n) is 5.86. The maximum Gasteiger partial charge on any atom is 0.231 e. The van der Waals surface area contributed by atoms with Crippen LogP contribution in [0.25, 0.3) is 0 Å². The highest BCUT2D eigenvalue weighted by Crippen LogP contribution is 2.58. The molecule has 0 aromatic carbocycles. The van der Waals surface area contributed by atoms with E-state index in [1.165, 1.54) is 0 Å². The molecule has 2 bridgehead atoms. The fourth-order valence-corrected chi connectivity index (χ4v) is 4.28. The molecule has 1 heterocycles. The predicted octanol–water partition coefficient (Wildman–Crippen LogP) is 0.510. The topological polar surface area (TPSA) is 63.2 Å². The minimum Gasteiger partial charge on any atom is -0.299 e. The van der Waals surface area contributed by atoms with E-state index in [0.29, 0.717) is 6.42 Å². The van der Waals surface area contributed by atoms with Crippen LogP contribution >= 0.6 is 0 Å². The van der Waals surface area contributed by atoms with Crippen LogP contribution in [-0.4, -0.2) is 17.6 Å². The zero-order chi connectivity index (χ0) is 11.7. The lowest BCUT2D eigenvalue weighted by Gasteiger charge is -2.52. The van der Waals surface area contributed by atoms with Gasteiger partial charge in [-0.05, 0) is 17.8 Å². The normalized spacial score (nSPS) is 50.5. The van der Waals surface area contributed by atoms with Gasteiger partial charge in [-0.1, -0.05) is 13.8 Å². The molecule has 4 nitrogen and oxygen atoms in total. The Bertz CT molecular complexity index is 416. The number of carbonyl (C=O) groups excluding carboxylic acids is 3. The number of hydrogen-bond acceptors (Lipinski definition) is 3. The van der Waals surface area contributed by atoms with Crippen LogP contribution in [0.1, 0.15) is 26.7 Å². The number of ketones is 1. The maximum atomic E-state index is 12.0. The molecule has 3 unspecified atom stereocenters. The fourth-order valence-electron chi connectivity index (χ4n) is 4.28. The van der Waals surface area contributed by atoms with E-state index in [-0.39, 0.29) is 46.7 Å². The lowest BCUT2D eigenvalue weighted by Crippen LogP contribution is -2.56. The first-order valence-corrected chi connectivity index (χ1v) is 5.81. The minimum absolute atomic E-state index is 0.165. The molecule has 16 heavy (non-hydrogen) atoms. The summed E-state index contributed by atoms with van der Waals surface area (Å²) in [6, 6.07) is 0. The molecule has 4 aliphatic rings. The Morgan fingerprint density at radius 1 is 1.19 bits per heavy atom. The summed E-state index contributed by atoms with van der Waals surface area (Å²) in [5.74, 6) is -0.871. The molecule has 1 aliphatic heterocycles. The van der Waals surface area contributed by atoms with E-state index in [1.807, 2.05) is 13.8 Å². The molecule has 4 fully saturated rings. The molecule has 0 spiro atoms. The number of Topliss-reactive ketones (excluding diaryl/α,β-unsaturated/α-hetero) is 1. The number of fused-ring (bicyclic) bond motifs is 2. The largest absolute Gasteiger partial charge is 0.299 e. The summed E-state index contributed by atoms with van der Waals surface area (Å²) >= 11 is 0. The van der Waals surface area contributed by atoms with Crippen molar-refractivity contribution in [3.63, 3.8) is 0 Å². The summed E-state index contributed by atoms with van der Waals surface area (Å²) in [7, 11) is 0. The van der Waals surface area contributed by atoms with Gasteiger partial charge < -0.3 is 0 Å². The van der Waals surface area contributed by atoms with Crippen LogP contribution in [0.2, 0.25) is 0 Å². The molecule has 5 atom stereocenters. The Balaban J connectivity index is 2.13. The highest BCUT2D eigenvalue weighted by atomic mass is 16.2. The van der Waals surface area contributed by atoms with Crippen LogP contribution in [0.5, 0.6) is 0 Å². The van der Waals surface area contributed by atoms with Gasteiger partial charge in [-0.15, -0.1) is 0 Å². The fraction of sp³-hybridized carbons (Fsp3) is 0.750. The van der Waals surface area contributed by atoms with E-state index in [4.69, 9.17) is 0 Å². The van der Waals surface area contributed by atoms with Crippen molar-refractivity contribution >= 4 is 17.6 Å². The quantitative estimate of drug-likeness (QED) is 0.606. The Hall–Kier alpha value is -1.19. The van der Waals surface area contributed by atoms with E-state index in [0.717, 1.165) is 6.42 Å². The summed E-state index contributed by atoms with van der Waals surface area (Å²) in [4.78, 5) is 35.5. The molecule has 2 amide bonds. The molecule has 4 rings (SSSR count). The molecule has 4 heteroatoms. The van der Waals surface area contributed by atoms with Crippen LogP contribution in [0.4, 0.5) is 0 Å². The van der Waals surface area contributed by atoms with E-state index in [2.05, 4.69) is 5.32 Å². The molecule has 1 N–H and O–H groups in total. The van der Waals surface area contributed by atoms with E-state index in [9.17, 15) is 14.4 Å². The van der Waals surface area contributed by atoms with Crippen LogP contribution in [0.3, 0.4) is 0 Å². The van der Waals surface area contributed by atoms with Gasteiger partial charge in [-0.25, -0.2) is 0 Å². The number of amides is 2. The number of carbonyl (C=O) groups is 3. The molecular formula is C12H15NO3. The van der Waals surface area contributed by atoms with Crippen molar-refractivity contribution in [3.8, 4) is 0 Å². The van der Waals surface area contributed by atoms with Crippen molar-refractivity contribution in [3.05, 3.63) is 0 Å². The van der Waals surface area contributed by atoms with Crippen molar-refractivity contribution in [1.29, 1.82) is 0 Å². The van der Waals surface area contributed by atoms with Crippen molar-refractivity contribution in [2.24, 2.45) is 29.1 Å². The predicted molar refractivity (Wildman–Crippen MR) is 55.1 cm³/mol. The van der Waals surface area contributed by atoms with Crippen molar-refractivity contribution in [1.82, 2.24) is 5.32 Å². The van der Waals surface area contributed by atoms with Gasteiger partial charge in [0.1, 0.15) is 5.78 Å². The van der Waals surface area contributed by atoms with E-state index >= 15 is 0 Å². The zero-order valence-electron chi connectivity index (χ0n) is 9.45. The highest BCUT2D eigenvalue weighted by Gasteiger charge is 2.64. The Kier molecular flexibility index (Phi) is 1.71. The van der Waals surface area contributed by atoms with E-state index < -0.39 is 0 Å². The Labute approximate surface area is 93.8 Å². The van der Waals surface area contributed by atoms with Gasteiger partial charge in [0.25, 0.3) is 0 Å². The second-order valence-corrected chi connectivity index (χ2v) is 5.86. The van der Waals surface area contributed by atoms with Gasteiger partial charge in [0.05, 0.1) is 11.8 Å². The molecule has 3 aliphatic carbocycles. The summed E-state index contributed by atoms with van der Waals surface area (Å²) in [5.41, 5.74) is -0.299. The molecule has 86 valence electrons. The number of hydrogen-bond donors (Lipinski definition) is 1. The third-order valence-corrected chi connectivity index (χ3v) is 4.68. The third kappa shape index (κ3) is 0.975. The first-order valence-electron chi connectivity index (χ1n) is 5.81. The zero-order valence-corrected chi connectivity index (χ0v) is 9.45. The summed E-state index contributed by atoms with van der Waals surface area (Å²) < 4.78 is 0. The summed E-state index contributed by atoms with van der Waals surface area (Å²) in [6.07, 6.45) is 1.34. The average molecular weight is 221 g/mol. The van der Waals surface area contributed by atoms with Gasteiger partial charge in [-0.3, -0.25) is 19.7 Å². The van der Waals surface area contributed by atoms with Crippen molar-refractivity contribution in [2.75, 3.05) is 0 Å². The summed E-state index contributed by atoms with van der Waals surface area (Å²) in [6.45, 7) is 4.00. The second kappa shape index (κ2) is 2.73. The molecule has 0 aromatic heterocycles. The van der Waals surface area contributed by atoms with Crippen LogP contribution in [0, 0.1) is 29.1 Å². The average Bonchev–Trinajstić information content (AvgIpc) is 2.41. The maximum absolute atomic E-state index is 12.0. The Morgan fingerprint density at radius 3 is 2.50 bits per heavy atom. The van der Waals surface area contributed by atoms with Gasteiger partial charge in [-0.2, -0.15) is 0 Å². The van der Waals surface area contributed by atoms with Gasteiger partial charge >= 0.3 is 0 Å². The molecule has 3 saturated carbocycles. The van der Waals surface area contributed by atoms with E-state index in [1.54, 1.807) is 0 Å². The molecule has 1 saturated heterocycles. The SMILES string of the molecule is CC1C[C@]2(C)CC(=O)[C@H]1C1C(=O)NC(=O)C12. The van der Waals surface area contributed by atoms with Crippen LogP contribution in [-0.2, 0) is 14.4 Å². The highest BCUT2D eigenvalue weighted by molar-refractivity contribution is 6.09. The Morgan fingerprint density at radius 2 is 1.88 bits per heavy atom. The number of nitrogens with one attached hydrogen (secondary N) is 1. The molecule has 0 radical (unpaired) electrons. The smallest absolute Gasteiger partial charge is 0.231 e. The van der Waals surface area contributed by atoms with Crippen LogP contribution < -0.4 is 5.32 Å². The van der Waals surface area contributed by atoms with Gasteiger partial charge in [0, 0.05) is 12.3 Å². The minimum atomic E-state index is -0.387. The molecule has 0 aromatic rings. The summed E-state index contributed by atoms with van der Waals surface area (Å²) in [5, 5.41) is 2.40. The number of imide groups is 1. The lowest BCUT2D eigenvalue weighted by molar-refractivity contribution is -0.157. The van der Waals surface area contributed by atoms with Crippen molar-refractivity contribution in [2.45, 2.75) is 26.7 Å². The standard InChI is InChI=1S/C12H15NO3/c1-5-3-12(2)4-6(14)7(5)8-9(12)11(16)13-10(8)15/h5,7-9H,3-4H2,1-2H3,(H,13,15,16)/t5?,7-,8?,9?,12+/m0/s1. The van der Waals surface area contributed by atoms with Crippen molar-refractivity contribution < 1.29 is 14.4 Å². The first-order chi connectivity index (χ1) is 7.44. The monoisotopic (exact) mass is 221 g/mol. The number of rotatable bonds is 0. The van der Waals surface area contributed by atoms with Gasteiger partial charge in [0.2, 0.25) is 11.8 Å². The lowest BCUT2D eigenvalue weighted by atomic mass is 9.48. The van der Waals surface area contributed by atoms with Crippen LogP contribution in [0.15, 0.2) is 0 Å².